The van der Waals surface area contributed by atoms with Crippen molar-refractivity contribution in [2.24, 2.45) is 0 Å². The molecular formula is C12H12BrFN2S. The number of hydrogen-bond acceptors (Lipinski definition) is 3. The number of aryl methyl sites for hydroxylation is 2. The lowest BCUT2D eigenvalue weighted by Crippen LogP contribution is -2.00. The van der Waals surface area contributed by atoms with E-state index in [4.69, 9.17) is 0 Å². The van der Waals surface area contributed by atoms with E-state index in [0.29, 0.717) is 11.0 Å². The Bertz CT molecular complexity index is 539. The van der Waals surface area contributed by atoms with Crippen LogP contribution in [0.3, 0.4) is 0 Å². The third-order valence-electron chi connectivity index (χ3n) is 2.39. The Hall–Kier alpha value is -0.940. The number of nitrogens with one attached hydrogen (secondary N) is 1. The molecule has 0 unspecified atom stereocenters. The maximum atomic E-state index is 13.2. The lowest BCUT2D eigenvalue weighted by Gasteiger charge is -2.09. The van der Waals surface area contributed by atoms with Gasteiger partial charge >= 0.3 is 0 Å². The lowest BCUT2D eigenvalue weighted by molar-refractivity contribution is 0.620. The fourth-order valence-electron chi connectivity index (χ4n) is 1.51. The Morgan fingerprint density at radius 2 is 2.18 bits per heavy atom. The summed E-state index contributed by atoms with van der Waals surface area (Å²) in [6, 6.07) is 3.28. The minimum absolute atomic E-state index is 0.235. The molecule has 5 heteroatoms. The van der Waals surface area contributed by atoms with Crippen LogP contribution < -0.4 is 5.32 Å². The van der Waals surface area contributed by atoms with Gasteiger partial charge in [-0.3, -0.25) is 0 Å². The third-order valence-corrected chi connectivity index (χ3v) is 3.91. The number of benzene rings is 1. The van der Waals surface area contributed by atoms with E-state index < -0.39 is 0 Å². The molecule has 0 aliphatic carbocycles. The second kappa shape index (κ2) is 5.14. The monoisotopic (exact) mass is 314 g/mol. The molecule has 2 rings (SSSR count). The van der Waals surface area contributed by atoms with E-state index >= 15 is 0 Å². The zero-order valence-electron chi connectivity index (χ0n) is 9.55. The molecule has 0 aliphatic rings. The summed E-state index contributed by atoms with van der Waals surface area (Å²) in [5.41, 5.74) is 1.83. The Morgan fingerprint density at radius 3 is 2.82 bits per heavy atom. The second-order valence-electron chi connectivity index (χ2n) is 3.78. The third kappa shape index (κ3) is 3.04. The highest BCUT2D eigenvalue weighted by Crippen LogP contribution is 2.25. The van der Waals surface area contributed by atoms with Crippen LogP contribution in [0.15, 0.2) is 22.8 Å². The van der Waals surface area contributed by atoms with Crippen molar-refractivity contribution in [3.63, 3.8) is 0 Å². The van der Waals surface area contributed by atoms with Gasteiger partial charge in [0.15, 0.2) is 0 Å². The van der Waals surface area contributed by atoms with Gasteiger partial charge in [-0.2, -0.15) is 0 Å². The van der Waals surface area contributed by atoms with Gasteiger partial charge in [0, 0.05) is 16.8 Å². The predicted molar refractivity (Wildman–Crippen MR) is 73.0 cm³/mol. The zero-order valence-corrected chi connectivity index (χ0v) is 12.0. The van der Waals surface area contributed by atoms with Crippen LogP contribution in [0, 0.1) is 19.7 Å². The first kappa shape index (κ1) is 12.5. The average molecular weight is 315 g/mol. The SMILES string of the molecule is Cc1ncc(CNc2cc(Br)c(F)cc2C)s1. The smallest absolute Gasteiger partial charge is 0.137 e. The standard InChI is InChI=1S/C12H12BrFN2S/c1-7-3-11(14)10(13)4-12(7)16-6-9-5-15-8(2)17-9/h3-5,16H,6H2,1-2H3. The van der Waals surface area contributed by atoms with Crippen molar-refractivity contribution in [1.29, 1.82) is 0 Å². The van der Waals surface area contributed by atoms with Crippen LogP contribution in [0.25, 0.3) is 0 Å². The summed E-state index contributed by atoms with van der Waals surface area (Å²) in [6.07, 6.45) is 1.86. The quantitative estimate of drug-likeness (QED) is 0.915. The maximum Gasteiger partial charge on any atom is 0.137 e. The Balaban J connectivity index is 2.11. The summed E-state index contributed by atoms with van der Waals surface area (Å²) in [7, 11) is 0. The molecule has 17 heavy (non-hydrogen) atoms. The number of halogens is 2. The average Bonchev–Trinajstić information content (AvgIpc) is 2.68. The summed E-state index contributed by atoms with van der Waals surface area (Å²) in [5, 5.41) is 4.34. The number of anilines is 1. The maximum absolute atomic E-state index is 13.2. The molecule has 1 aromatic carbocycles. The Morgan fingerprint density at radius 1 is 1.41 bits per heavy atom. The van der Waals surface area contributed by atoms with Crippen LogP contribution in [0.5, 0.6) is 0 Å². The molecule has 0 amide bonds. The molecule has 0 saturated heterocycles. The van der Waals surface area contributed by atoms with Gasteiger partial charge in [-0.05, 0) is 47.5 Å². The summed E-state index contributed by atoms with van der Waals surface area (Å²) >= 11 is 4.85. The zero-order chi connectivity index (χ0) is 12.4. The fraction of sp³-hybridized carbons (Fsp3) is 0.250. The topological polar surface area (TPSA) is 24.9 Å². The lowest BCUT2D eigenvalue weighted by atomic mass is 10.2. The fourth-order valence-corrected chi connectivity index (χ4v) is 2.58. The first-order valence-electron chi connectivity index (χ1n) is 5.17. The molecule has 0 bridgehead atoms. The van der Waals surface area contributed by atoms with Gasteiger partial charge in [-0.15, -0.1) is 11.3 Å². The Kier molecular flexibility index (Phi) is 3.79. The molecule has 90 valence electrons. The molecule has 0 saturated carbocycles. The van der Waals surface area contributed by atoms with E-state index in [2.05, 4.69) is 26.2 Å². The molecular weight excluding hydrogens is 303 g/mol. The summed E-state index contributed by atoms with van der Waals surface area (Å²) in [6.45, 7) is 4.58. The van der Waals surface area contributed by atoms with Crippen LogP contribution in [0.2, 0.25) is 0 Å². The molecule has 1 N–H and O–H groups in total. The summed E-state index contributed by atoms with van der Waals surface area (Å²) in [5.74, 6) is -0.235. The largest absolute Gasteiger partial charge is 0.380 e. The second-order valence-corrected chi connectivity index (χ2v) is 5.95. The molecule has 1 aromatic heterocycles. The van der Waals surface area contributed by atoms with Gasteiger partial charge in [0.2, 0.25) is 0 Å². The van der Waals surface area contributed by atoms with E-state index in [1.165, 1.54) is 10.9 Å². The highest BCUT2D eigenvalue weighted by molar-refractivity contribution is 9.10. The number of hydrogen-bond donors (Lipinski definition) is 1. The van der Waals surface area contributed by atoms with Crippen LogP contribution in [-0.4, -0.2) is 4.98 Å². The van der Waals surface area contributed by atoms with E-state index in [1.54, 1.807) is 17.4 Å². The van der Waals surface area contributed by atoms with Crippen molar-refractivity contribution in [1.82, 2.24) is 4.98 Å². The van der Waals surface area contributed by atoms with Crippen LogP contribution in [0.1, 0.15) is 15.4 Å². The van der Waals surface area contributed by atoms with Gasteiger partial charge in [0.05, 0.1) is 16.0 Å². The van der Waals surface area contributed by atoms with E-state index in [0.717, 1.165) is 16.3 Å². The van der Waals surface area contributed by atoms with Gasteiger partial charge in [0.25, 0.3) is 0 Å². The molecule has 2 nitrogen and oxygen atoms in total. The molecule has 0 atom stereocenters. The summed E-state index contributed by atoms with van der Waals surface area (Å²) < 4.78 is 13.7. The van der Waals surface area contributed by atoms with Gasteiger partial charge in [0.1, 0.15) is 5.82 Å². The highest BCUT2D eigenvalue weighted by atomic mass is 79.9. The summed E-state index contributed by atoms with van der Waals surface area (Å²) in [4.78, 5) is 5.36. The molecule has 0 fully saturated rings. The number of nitrogens with zero attached hydrogens (tertiary/aromatic N) is 1. The predicted octanol–water partition coefficient (Wildman–Crippen LogP) is 4.27. The van der Waals surface area contributed by atoms with Crippen LogP contribution in [-0.2, 0) is 6.54 Å². The van der Waals surface area contributed by atoms with E-state index in [1.807, 2.05) is 20.0 Å². The Labute approximate surface area is 112 Å². The van der Waals surface area contributed by atoms with Crippen molar-refractivity contribution < 1.29 is 4.39 Å². The number of aromatic nitrogens is 1. The molecule has 2 aromatic rings. The van der Waals surface area contributed by atoms with Crippen molar-refractivity contribution in [3.05, 3.63) is 44.1 Å². The van der Waals surface area contributed by atoms with Crippen molar-refractivity contribution in [2.75, 3.05) is 5.32 Å². The first-order chi connectivity index (χ1) is 8.06. The van der Waals surface area contributed by atoms with Crippen LogP contribution in [0.4, 0.5) is 10.1 Å². The van der Waals surface area contributed by atoms with Crippen molar-refractivity contribution in [3.8, 4) is 0 Å². The van der Waals surface area contributed by atoms with Crippen molar-refractivity contribution >= 4 is 33.0 Å². The van der Waals surface area contributed by atoms with E-state index in [9.17, 15) is 4.39 Å². The normalized spacial score (nSPS) is 10.6. The van der Waals surface area contributed by atoms with E-state index in [-0.39, 0.29) is 5.82 Å². The molecule has 0 aliphatic heterocycles. The van der Waals surface area contributed by atoms with Gasteiger partial charge in [-0.25, -0.2) is 9.37 Å². The number of rotatable bonds is 3. The van der Waals surface area contributed by atoms with Gasteiger partial charge < -0.3 is 5.32 Å². The minimum atomic E-state index is -0.235. The van der Waals surface area contributed by atoms with Gasteiger partial charge in [-0.1, -0.05) is 0 Å². The highest BCUT2D eigenvalue weighted by Gasteiger charge is 2.05. The molecule has 1 heterocycles. The van der Waals surface area contributed by atoms with Crippen molar-refractivity contribution in [2.45, 2.75) is 20.4 Å². The minimum Gasteiger partial charge on any atom is -0.380 e. The van der Waals surface area contributed by atoms with Crippen LogP contribution >= 0.6 is 27.3 Å². The first-order valence-corrected chi connectivity index (χ1v) is 6.78. The number of thiazole rings is 1. The molecule has 0 spiro atoms. The molecule has 0 radical (unpaired) electrons.